The molecule has 3 aliphatic heterocycles. The van der Waals surface area contributed by atoms with E-state index < -0.39 is 0 Å². The number of methoxy groups -OCH3 is 1. The van der Waals surface area contributed by atoms with Crippen molar-refractivity contribution in [1.29, 1.82) is 0 Å². The van der Waals surface area contributed by atoms with Crippen LogP contribution in [-0.4, -0.2) is 54.9 Å². The van der Waals surface area contributed by atoms with Crippen molar-refractivity contribution in [2.45, 2.75) is 30.3 Å². The van der Waals surface area contributed by atoms with Gasteiger partial charge in [0.1, 0.15) is 0 Å². The first-order valence-corrected chi connectivity index (χ1v) is 9.18. The maximum atomic E-state index is 12.8. The third kappa shape index (κ3) is 1.83. The number of carbonyl (C=O) groups is 1. The quantitative estimate of drug-likeness (QED) is 0.632. The topological polar surface area (TPSA) is 61.8 Å². The van der Waals surface area contributed by atoms with Gasteiger partial charge >= 0.3 is 5.97 Å². The van der Waals surface area contributed by atoms with Crippen molar-refractivity contribution in [2.75, 3.05) is 32.1 Å². The minimum Gasteiger partial charge on any atom is -0.469 e. The molecular formula is C20H24N2O3. The lowest BCUT2D eigenvalue weighted by Crippen LogP contribution is -2.63. The number of anilines is 1. The molecule has 3 heterocycles. The molecular weight excluding hydrogens is 316 g/mol. The Kier molecular flexibility index (Phi) is 3.28. The van der Waals surface area contributed by atoms with Crippen LogP contribution in [0.5, 0.6) is 0 Å². The summed E-state index contributed by atoms with van der Waals surface area (Å²) in [5, 5.41) is 13.2. The van der Waals surface area contributed by atoms with Crippen LogP contribution in [0.2, 0.25) is 0 Å². The summed E-state index contributed by atoms with van der Waals surface area (Å²) >= 11 is 0. The Morgan fingerprint density at radius 1 is 1.48 bits per heavy atom. The highest BCUT2D eigenvalue weighted by molar-refractivity contribution is 5.78. The SMILES string of the molecule is COC(=O)[C@H]1[C@@H]2C[C@H]3N(CC[C@]34c3ccccc3N[C@H]14)C/C2=C/CO. The van der Waals surface area contributed by atoms with Crippen LogP contribution in [-0.2, 0) is 14.9 Å². The van der Waals surface area contributed by atoms with Gasteiger partial charge in [0.15, 0.2) is 0 Å². The molecule has 5 nitrogen and oxygen atoms in total. The normalized spacial score (nSPS) is 39.7. The van der Waals surface area contributed by atoms with Crippen LogP contribution in [0.1, 0.15) is 18.4 Å². The number of aliphatic hydroxyl groups excluding tert-OH is 1. The number of aliphatic hydroxyl groups is 1. The third-order valence-electron chi connectivity index (χ3n) is 7.10. The summed E-state index contributed by atoms with van der Waals surface area (Å²) in [5.41, 5.74) is 3.73. The molecule has 2 bridgehead atoms. The van der Waals surface area contributed by atoms with Gasteiger partial charge in [-0.2, -0.15) is 0 Å². The lowest BCUT2D eigenvalue weighted by molar-refractivity contribution is -0.151. The van der Waals surface area contributed by atoms with E-state index in [-0.39, 0.29) is 35.9 Å². The molecule has 1 saturated carbocycles. The van der Waals surface area contributed by atoms with E-state index in [0.29, 0.717) is 6.04 Å². The third-order valence-corrected chi connectivity index (χ3v) is 7.10. The van der Waals surface area contributed by atoms with Crippen molar-refractivity contribution in [3.8, 4) is 0 Å². The number of hydrogen-bond acceptors (Lipinski definition) is 5. The van der Waals surface area contributed by atoms with Crippen molar-refractivity contribution in [2.24, 2.45) is 11.8 Å². The van der Waals surface area contributed by atoms with Crippen molar-refractivity contribution in [1.82, 2.24) is 4.90 Å². The van der Waals surface area contributed by atoms with Gasteiger partial charge < -0.3 is 15.2 Å². The van der Waals surface area contributed by atoms with Gasteiger partial charge in [0, 0.05) is 23.7 Å². The van der Waals surface area contributed by atoms with Crippen LogP contribution in [0.25, 0.3) is 0 Å². The van der Waals surface area contributed by atoms with E-state index in [2.05, 4.69) is 34.5 Å². The van der Waals surface area contributed by atoms with Crippen molar-refractivity contribution >= 4 is 11.7 Å². The molecule has 1 spiro atoms. The van der Waals surface area contributed by atoms with Crippen molar-refractivity contribution < 1.29 is 14.6 Å². The molecule has 2 N–H and O–H groups in total. The first-order chi connectivity index (χ1) is 12.2. The number of para-hydroxylation sites is 1. The van der Waals surface area contributed by atoms with Gasteiger partial charge in [-0.1, -0.05) is 29.8 Å². The van der Waals surface area contributed by atoms with Crippen molar-refractivity contribution in [3.63, 3.8) is 0 Å². The average molecular weight is 340 g/mol. The predicted molar refractivity (Wildman–Crippen MR) is 94.3 cm³/mol. The molecule has 2 saturated heterocycles. The Morgan fingerprint density at radius 3 is 3.12 bits per heavy atom. The van der Waals surface area contributed by atoms with Gasteiger partial charge in [0.05, 0.1) is 25.7 Å². The van der Waals surface area contributed by atoms with Crippen LogP contribution in [0.3, 0.4) is 0 Å². The Hall–Kier alpha value is -1.85. The molecule has 1 aliphatic carbocycles. The highest BCUT2D eigenvalue weighted by Crippen LogP contribution is 2.61. The molecule has 0 amide bonds. The standard InChI is InChI=1S/C20H24N2O3/c1-25-19(24)17-13-10-16-20(7-8-22(16)11-12(13)6-9-23)14-4-2-3-5-15(14)21-18(17)20/h2-6,13,16-18,21,23H,7-11H2,1H3/b12-6-/t13-,16-,17+,18-,20+/m1/s1. The number of fused-ring (bicyclic) bond motifs is 2. The molecule has 132 valence electrons. The highest BCUT2D eigenvalue weighted by Gasteiger charge is 2.66. The van der Waals surface area contributed by atoms with E-state index >= 15 is 0 Å². The number of nitrogens with zero attached hydrogens (tertiary/aromatic N) is 1. The average Bonchev–Trinajstić information content (AvgIpc) is 3.18. The monoisotopic (exact) mass is 340 g/mol. The summed E-state index contributed by atoms with van der Waals surface area (Å²) in [4.78, 5) is 15.4. The summed E-state index contributed by atoms with van der Waals surface area (Å²) in [6.07, 6.45) is 3.95. The predicted octanol–water partition coefficient (Wildman–Crippen LogP) is 1.53. The Morgan fingerprint density at radius 2 is 2.32 bits per heavy atom. The molecule has 0 aromatic heterocycles. The summed E-state index contributed by atoms with van der Waals surface area (Å²) in [6.45, 7) is 1.93. The molecule has 25 heavy (non-hydrogen) atoms. The van der Waals surface area contributed by atoms with Gasteiger partial charge in [-0.05, 0) is 36.9 Å². The lowest BCUT2D eigenvalue weighted by atomic mass is 9.55. The zero-order chi connectivity index (χ0) is 17.2. The Balaban J connectivity index is 1.69. The van der Waals surface area contributed by atoms with Crippen LogP contribution >= 0.6 is 0 Å². The Labute approximate surface area is 147 Å². The zero-order valence-electron chi connectivity index (χ0n) is 14.4. The first-order valence-electron chi connectivity index (χ1n) is 9.18. The number of piperidine rings is 1. The van der Waals surface area contributed by atoms with Crippen LogP contribution in [0.4, 0.5) is 5.69 Å². The van der Waals surface area contributed by atoms with E-state index in [1.165, 1.54) is 23.9 Å². The van der Waals surface area contributed by atoms with Gasteiger partial charge in [0.2, 0.25) is 0 Å². The zero-order valence-corrected chi connectivity index (χ0v) is 14.4. The van der Waals surface area contributed by atoms with E-state index in [0.717, 1.165) is 25.9 Å². The number of nitrogens with one attached hydrogen (secondary N) is 1. The Bertz CT molecular complexity index is 761. The van der Waals surface area contributed by atoms with Gasteiger partial charge in [0.25, 0.3) is 0 Å². The van der Waals surface area contributed by atoms with E-state index in [4.69, 9.17) is 4.74 Å². The number of carbonyl (C=O) groups excluding carboxylic acids is 1. The number of ether oxygens (including phenoxy) is 1. The summed E-state index contributed by atoms with van der Waals surface area (Å²) in [7, 11) is 1.49. The maximum absolute atomic E-state index is 12.8. The fraction of sp³-hybridized carbons (Fsp3) is 0.550. The number of hydrogen-bond donors (Lipinski definition) is 2. The number of esters is 1. The second-order valence-electron chi connectivity index (χ2n) is 7.80. The van der Waals surface area contributed by atoms with E-state index in [1.807, 2.05) is 6.08 Å². The van der Waals surface area contributed by atoms with E-state index in [1.54, 1.807) is 0 Å². The second-order valence-corrected chi connectivity index (χ2v) is 7.80. The van der Waals surface area contributed by atoms with Gasteiger partial charge in [-0.3, -0.25) is 9.69 Å². The number of benzene rings is 1. The van der Waals surface area contributed by atoms with Crippen molar-refractivity contribution in [3.05, 3.63) is 41.5 Å². The van der Waals surface area contributed by atoms with Gasteiger partial charge in [-0.25, -0.2) is 0 Å². The maximum Gasteiger partial charge on any atom is 0.311 e. The van der Waals surface area contributed by atoms with E-state index in [9.17, 15) is 9.90 Å². The highest BCUT2D eigenvalue weighted by atomic mass is 16.5. The van der Waals surface area contributed by atoms with Crippen LogP contribution in [0, 0.1) is 11.8 Å². The molecule has 5 atom stereocenters. The first kappa shape index (κ1) is 15.4. The molecule has 5 rings (SSSR count). The molecule has 5 heteroatoms. The molecule has 0 radical (unpaired) electrons. The summed E-state index contributed by atoms with van der Waals surface area (Å²) in [6, 6.07) is 9.05. The fourth-order valence-corrected chi connectivity index (χ4v) is 6.21. The summed E-state index contributed by atoms with van der Waals surface area (Å²) in [5.74, 6) is -0.178. The van der Waals surface area contributed by atoms with Crippen LogP contribution < -0.4 is 5.32 Å². The summed E-state index contributed by atoms with van der Waals surface area (Å²) < 4.78 is 5.24. The van der Waals surface area contributed by atoms with Gasteiger partial charge in [-0.15, -0.1) is 0 Å². The molecule has 0 unspecified atom stereocenters. The molecule has 4 aliphatic rings. The molecule has 3 fully saturated rings. The second kappa shape index (κ2) is 5.32. The molecule has 1 aromatic rings. The largest absolute Gasteiger partial charge is 0.469 e. The molecule has 1 aromatic carbocycles. The smallest absolute Gasteiger partial charge is 0.311 e. The minimum absolute atomic E-state index is 0.00328. The fourth-order valence-electron chi connectivity index (χ4n) is 6.21. The number of rotatable bonds is 2. The van der Waals surface area contributed by atoms with Crippen LogP contribution in [0.15, 0.2) is 35.9 Å². The lowest BCUT2D eigenvalue weighted by Gasteiger charge is -2.54. The minimum atomic E-state index is -0.202.